The van der Waals surface area contributed by atoms with Crippen LogP contribution < -0.4 is 0 Å². The maximum absolute atomic E-state index is 11.3. The fourth-order valence-corrected chi connectivity index (χ4v) is 0.141. The average Bonchev–Trinajstić information content (AvgIpc) is 1.63. The van der Waals surface area contributed by atoms with Crippen LogP contribution in [0.5, 0.6) is 0 Å². The summed E-state index contributed by atoms with van der Waals surface area (Å²) in [4.78, 5) is 6.81. The predicted molar refractivity (Wildman–Crippen MR) is 24.8 cm³/mol. The zero-order valence-corrected chi connectivity index (χ0v) is 5.40. The van der Waals surface area contributed by atoms with Gasteiger partial charge in [0.05, 0.1) is 0 Å². The number of hydrogen-bond acceptors (Lipinski definition) is 3. The second-order valence-corrected chi connectivity index (χ2v) is 1.47. The van der Waals surface area contributed by atoms with E-state index in [1.807, 2.05) is 0 Å². The van der Waals surface area contributed by atoms with E-state index < -0.39 is 11.6 Å². The molecule has 0 bridgehead atoms. The van der Waals surface area contributed by atoms with E-state index >= 15 is 0 Å². The molecule has 0 aliphatic rings. The average molecular weight is 183 g/mol. The molecular formula is C2H2Cl2F2O3. The maximum Gasteiger partial charge on any atom is 0.308 e. The van der Waals surface area contributed by atoms with Crippen molar-refractivity contribution in [3.05, 3.63) is 0 Å². The van der Waals surface area contributed by atoms with Crippen LogP contribution in [0.4, 0.5) is 8.78 Å². The second kappa shape index (κ2) is 5.13. The summed E-state index contributed by atoms with van der Waals surface area (Å²) >= 11 is 9.00. The fraction of sp³-hybridized carbons (Fsp3) is 1.00. The van der Waals surface area contributed by atoms with Gasteiger partial charge in [-0.15, -0.1) is 0 Å². The molecule has 0 saturated carbocycles. The van der Waals surface area contributed by atoms with Crippen LogP contribution in [0.3, 0.4) is 0 Å². The van der Waals surface area contributed by atoms with Crippen molar-refractivity contribution in [1.29, 1.82) is 0 Å². The van der Waals surface area contributed by atoms with Crippen molar-refractivity contribution >= 4 is 23.2 Å². The number of alkyl halides is 4. The predicted octanol–water partition coefficient (Wildman–Crippen LogP) is 1.85. The highest BCUT2D eigenvalue weighted by Crippen LogP contribution is 2.04. The molecule has 7 heteroatoms. The summed E-state index contributed by atoms with van der Waals surface area (Å²) < 4.78 is 22.6. The van der Waals surface area contributed by atoms with Crippen LogP contribution >= 0.6 is 23.2 Å². The van der Waals surface area contributed by atoms with E-state index in [2.05, 4.69) is 38.0 Å². The lowest BCUT2D eigenvalue weighted by Crippen LogP contribution is -2.03. The third-order valence-electron chi connectivity index (χ3n) is 0.224. The Bertz CT molecular complexity index is 62.8. The van der Waals surface area contributed by atoms with Gasteiger partial charge in [0, 0.05) is 0 Å². The molecule has 0 N–H and O–H groups in total. The van der Waals surface area contributed by atoms with Gasteiger partial charge in [0.1, 0.15) is 0 Å². The molecule has 0 rings (SSSR count). The molecule has 9 heavy (non-hydrogen) atoms. The summed E-state index contributed by atoms with van der Waals surface area (Å²) in [6, 6.07) is 0. The van der Waals surface area contributed by atoms with Gasteiger partial charge in [-0.25, -0.2) is 0 Å². The minimum absolute atomic E-state index is 2.21. The van der Waals surface area contributed by atoms with Gasteiger partial charge >= 0.3 is 11.6 Å². The molecule has 0 amide bonds. The molecule has 2 unspecified atom stereocenters. The molecule has 0 saturated heterocycles. The lowest BCUT2D eigenvalue weighted by atomic mass is 11.6. The third kappa shape index (κ3) is 8.32. The first-order valence-electron chi connectivity index (χ1n) is 1.68. The Hall–Kier alpha value is 0.320. The van der Waals surface area contributed by atoms with Crippen molar-refractivity contribution in [3.8, 4) is 0 Å². The molecular weight excluding hydrogens is 181 g/mol. The van der Waals surface area contributed by atoms with Crippen molar-refractivity contribution in [2.45, 2.75) is 11.6 Å². The fourth-order valence-electron chi connectivity index (χ4n) is 0.0821. The topological polar surface area (TPSA) is 27.7 Å². The molecule has 0 aromatic heterocycles. The first kappa shape index (κ1) is 9.32. The summed E-state index contributed by atoms with van der Waals surface area (Å²) in [7, 11) is 0. The Morgan fingerprint density at radius 1 is 1.00 bits per heavy atom. The van der Waals surface area contributed by atoms with E-state index in [-0.39, 0.29) is 0 Å². The van der Waals surface area contributed by atoms with Crippen LogP contribution in [0.15, 0.2) is 0 Å². The number of rotatable bonds is 4. The van der Waals surface area contributed by atoms with Crippen LogP contribution in [0, 0.1) is 0 Å². The highest BCUT2D eigenvalue weighted by molar-refractivity contribution is 6.18. The Labute approximate surface area is 59.2 Å². The summed E-state index contributed by atoms with van der Waals surface area (Å²) in [5.41, 5.74) is 0. The van der Waals surface area contributed by atoms with Crippen molar-refractivity contribution in [2.24, 2.45) is 0 Å². The first-order valence-corrected chi connectivity index (χ1v) is 2.55. The van der Waals surface area contributed by atoms with Gasteiger partial charge < -0.3 is 0 Å². The SMILES string of the molecule is FC(Cl)OOOC(F)Cl. The number of hydrogen-bond donors (Lipinski definition) is 0. The van der Waals surface area contributed by atoms with Crippen LogP contribution in [0.2, 0.25) is 0 Å². The van der Waals surface area contributed by atoms with Gasteiger partial charge in [0.25, 0.3) is 0 Å². The molecule has 0 radical (unpaired) electrons. The van der Waals surface area contributed by atoms with E-state index in [4.69, 9.17) is 0 Å². The summed E-state index contributed by atoms with van der Waals surface area (Å²) in [5.74, 6) is -4.42. The maximum atomic E-state index is 11.3. The molecule has 0 aromatic rings. The van der Waals surface area contributed by atoms with E-state index in [9.17, 15) is 8.78 Å². The van der Waals surface area contributed by atoms with Crippen LogP contribution in [-0.2, 0) is 14.8 Å². The quantitative estimate of drug-likeness (QED) is 0.378. The van der Waals surface area contributed by atoms with Gasteiger partial charge in [-0.3, -0.25) is 0 Å². The van der Waals surface area contributed by atoms with Gasteiger partial charge in [0.2, 0.25) is 0 Å². The lowest BCUT2D eigenvalue weighted by Gasteiger charge is -1.99. The van der Waals surface area contributed by atoms with E-state index in [1.165, 1.54) is 0 Å². The minimum atomic E-state index is -2.21. The molecule has 56 valence electrons. The minimum Gasteiger partial charge on any atom is -0.194 e. The second-order valence-electron chi connectivity index (χ2n) is 0.782. The summed E-state index contributed by atoms with van der Waals surface area (Å²) in [5, 5.41) is 3.34. The standard InChI is InChI=1S/C2H2Cl2F2O3/c3-1(5)7-9-8-2(4)6/h1-2H. The third-order valence-corrected chi connectivity index (χ3v) is 0.370. The highest BCUT2D eigenvalue weighted by Gasteiger charge is 2.05. The Morgan fingerprint density at radius 3 is 1.56 bits per heavy atom. The molecule has 2 atom stereocenters. The van der Waals surface area contributed by atoms with Gasteiger partial charge in [-0.2, -0.15) is 18.6 Å². The van der Waals surface area contributed by atoms with E-state index in [1.54, 1.807) is 0 Å². The van der Waals surface area contributed by atoms with Gasteiger partial charge in [-0.1, -0.05) is 28.2 Å². The van der Waals surface area contributed by atoms with E-state index in [0.29, 0.717) is 0 Å². The molecule has 3 nitrogen and oxygen atoms in total. The summed E-state index contributed by atoms with van der Waals surface area (Å²) in [6.07, 6.45) is 0. The highest BCUT2D eigenvalue weighted by atomic mass is 35.5. The van der Waals surface area contributed by atoms with Crippen molar-refractivity contribution in [3.63, 3.8) is 0 Å². The van der Waals surface area contributed by atoms with Crippen LogP contribution in [-0.4, -0.2) is 11.6 Å². The molecule has 0 aromatic carbocycles. The molecule has 0 spiro atoms. The van der Waals surface area contributed by atoms with Crippen molar-refractivity contribution in [2.75, 3.05) is 0 Å². The molecule has 0 aliphatic carbocycles. The largest absolute Gasteiger partial charge is 0.308 e. The monoisotopic (exact) mass is 182 g/mol. The molecule has 0 heterocycles. The normalized spacial score (nSPS) is 17.3. The Kier molecular flexibility index (Phi) is 5.31. The van der Waals surface area contributed by atoms with Crippen molar-refractivity contribution in [1.82, 2.24) is 0 Å². The van der Waals surface area contributed by atoms with E-state index in [0.717, 1.165) is 0 Å². The molecule has 0 aliphatic heterocycles. The van der Waals surface area contributed by atoms with Gasteiger partial charge in [0.15, 0.2) is 0 Å². The Balaban J connectivity index is 2.91. The zero-order valence-electron chi connectivity index (χ0n) is 3.89. The zero-order chi connectivity index (χ0) is 7.28. The first-order chi connectivity index (χ1) is 4.13. The number of halogens is 4. The van der Waals surface area contributed by atoms with Gasteiger partial charge in [-0.05, 0) is 0 Å². The summed E-state index contributed by atoms with van der Waals surface area (Å²) in [6.45, 7) is 0. The Morgan fingerprint density at radius 2 is 1.33 bits per heavy atom. The smallest absolute Gasteiger partial charge is 0.194 e. The van der Waals surface area contributed by atoms with Crippen LogP contribution in [0.1, 0.15) is 0 Å². The van der Waals surface area contributed by atoms with Crippen LogP contribution in [0.25, 0.3) is 0 Å². The molecule has 0 fully saturated rings. The lowest BCUT2D eigenvalue weighted by molar-refractivity contribution is -0.541. The van der Waals surface area contributed by atoms with Crippen molar-refractivity contribution < 1.29 is 23.6 Å².